The molecule has 0 amide bonds. The van der Waals surface area contributed by atoms with Crippen LogP contribution in [0.2, 0.25) is 0 Å². The smallest absolute Gasteiger partial charge is 0.00509 e. The van der Waals surface area contributed by atoms with E-state index in [0.29, 0.717) is 6.04 Å². The number of benzene rings is 1. The van der Waals surface area contributed by atoms with Gasteiger partial charge in [0.25, 0.3) is 0 Å². The lowest BCUT2D eigenvalue weighted by atomic mass is 9.77. The minimum Gasteiger partial charge on any atom is -0.330 e. The monoisotopic (exact) mass is 204 g/mol. The van der Waals surface area contributed by atoms with Crippen LogP contribution < -0.4 is 11.1 Å². The average Bonchev–Trinajstić information content (AvgIpc) is 2.20. The van der Waals surface area contributed by atoms with Crippen LogP contribution in [0.3, 0.4) is 0 Å². The Bertz CT molecular complexity index is 322. The first-order valence-electron chi connectivity index (χ1n) is 5.82. The van der Waals surface area contributed by atoms with Crippen LogP contribution in [0.1, 0.15) is 30.4 Å². The topological polar surface area (TPSA) is 38.0 Å². The Morgan fingerprint density at radius 3 is 3.00 bits per heavy atom. The molecule has 2 rings (SSSR count). The lowest BCUT2D eigenvalue weighted by Crippen LogP contribution is -2.35. The van der Waals surface area contributed by atoms with Gasteiger partial charge in [-0.25, -0.2) is 0 Å². The Hall–Kier alpha value is -0.860. The number of rotatable bonds is 5. The standard InChI is InChI=1S/C13H20N2/c1-10(6-7-14)15-9-12-8-11-4-2-3-5-13(11)12/h2-5,10,12,15H,6-9,14H2,1H3. The highest BCUT2D eigenvalue weighted by atomic mass is 14.9. The molecule has 1 aromatic carbocycles. The van der Waals surface area contributed by atoms with Gasteiger partial charge in [-0.15, -0.1) is 0 Å². The Balaban J connectivity index is 1.80. The zero-order valence-corrected chi connectivity index (χ0v) is 9.37. The number of nitrogens with one attached hydrogen (secondary N) is 1. The van der Waals surface area contributed by atoms with Crippen molar-refractivity contribution in [1.29, 1.82) is 0 Å². The van der Waals surface area contributed by atoms with Crippen LogP contribution in [0.25, 0.3) is 0 Å². The third kappa shape index (κ3) is 2.39. The second-order valence-electron chi connectivity index (χ2n) is 4.49. The molecule has 2 nitrogen and oxygen atoms in total. The van der Waals surface area contributed by atoms with E-state index in [1.807, 2.05) is 0 Å². The van der Waals surface area contributed by atoms with Crippen LogP contribution >= 0.6 is 0 Å². The first kappa shape index (κ1) is 10.7. The summed E-state index contributed by atoms with van der Waals surface area (Å²) in [6.45, 7) is 4.07. The summed E-state index contributed by atoms with van der Waals surface area (Å²) in [5.74, 6) is 0.724. The summed E-state index contributed by atoms with van der Waals surface area (Å²) >= 11 is 0. The van der Waals surface area contributed by atoms with Gasteiger partial charge in [0.2, 0.25) is 0 Å². The van der Waals surface area contributed by atoms with Gasteiger partial charge in [0.15, 0.2) is 0 Å². The van der Waals surface area contributed by atoms with Crippen molar-refractivity contribution in [1.82, 2.24) is 5.32 Å². The van der Waals surface area contributed by atoms with Crippen molar-refractivity contribution in [2.75, 3.05) is 13.1 Å². The Morgan fingerprint density at radius 1 is 1.47 bits per heavy atom. The van der Waals surface area contributed by atoms with E-state index in [-0.39, 0.29) is 0 Å². The molecule has 0 radical (unpaired) electrons. The molecular weight excluding hydrogens is 184 g/mol. The molecule has 0 heterocycles. The third-order valence-corrected chi connectivity index (χ3v) is 3.27. The van der Waals surface area contributed by atoms with Gasteiger partial charge in [0.1, 0.15) is 0 Å². The number of hydrogen-bond donors (Lipinski definition) is 2. The molecule has 2 unspecified atom stereocenters. The van der Waals surface area contributed by atoms with Crippen LogP contribution in [0.15, 0.2) is 24.3 Å². The number of nitrogens with two attached hydrogens (primary N) is 1. The summed E-state index contributed by atoms with van der Waals surface area (Å²) in [4.78, 5) is 0. The normalized spacial score (nSPS) is 20.5. The first-order chi connectivity index (χ1) is 7.31. The summed E-state index contributed by atoms with van der Waals surface area (Å²) < 4.78 is 0. The fourth-order valence-electron chi connectivity index (χ4n) is 2.24. The fourth-order valence-corrected chi connectivity index (χ4v) is 2.24. The molecule has 0 saturated heterocycles. The van der Waals surface area contributed by atoms with Gasteiger partial charge in [0.05, 0.1) is 0 Å². The predicted molar refractivity (Wildman–Crippen MR) is 64.0 cm³/mol. The third-order valence-electron chi connectivity index (χ3n) is 3.27. The molecular formula is C13H20N2. The molecule has 2 heteroatoms. The molecule has 0 saturated carbocycles. The summed E-state index contributed by atoms with van der Waals surface area (Å²) in [6, 6.07) is 9.28. The molecule has 1 aromatic rings. The second-order valence-corrected chi connectivity index (χ2v) is 4.49. The molecule has 3 N–H and O–H groups in total. The summed E-state index contributed by atoms with van der Waals surface area (Å²) in [7, 11) is 0. The van der Waals surface area contributed by atoms with Gasteiger partial charge < -0.3 is 11.1 Å². The van der Waals surface area contributed by atoms with Crippen LogP contribution in [0.4, 0.5) is 0 Å². The highest BCUT2D eigenvalue weighted by molar-refractivity contribution is 5.40. The summed E-state index contributed by atoms with van der Waals surface area (Å²) in [5.41, 5.74) is 8.58. The van der Waals surface area contributed by atoms with E-state index in [4.69, 9.17) is 5.73 Å². The van der Waals surface area contributed by atoms with Crippen molar-refractivity contribution in [3.63, 3.8) is 0 Å². The van der Waals surface area contributed by atoms with Crippen LogP contribution in [0.5, 0.6) is 0 Å². The number of fused-ring (bicyclic) bond motifs is 1. The van der Waals surface area contributed by atoms with Crippen LogP contribution in [-0.2, 0) is 6.42 Å². The SMILES string of the molecule is CC(CCN)NCC1Cc2ccccc21. The Kier molecular flexibility index (Phi) is 3.39. The van der Waals surface area contributed by atoms with Crippen molar-refractivity contribution in [3.05, 3.63) is 35.4 Å². The van der Waals surface area contributed by atoms with Crippen molar-refractivity contribution in [2.24, 2.45) is 5.73 Å². The zero-order valence-electron chi connectivity index (χ0n) is 9.37. The van der Waals surface area contributed by atoms with E-state index < -0.39 is 0 Å². The summed E-state index contributed by atoms with van der Waals surface area (Å²) in [6.07, 6.45) is 2.30. The van der Waals surface area contributed by atoms with Crippen molar-refractivity contribution < 1.29 is 0 Å². The van der Waals surface area contributed by atoms with E-state index in [2.05, 4.69) is 36.5 Å². The lowest BCUT2D eigenvalue weighted by Gasteiger charge is -2.31. The van der Waals surface area contributed by atoms with Gasteiger partial charge in [-0.05, 0) is 37.4 Å². The van der Waals surface area contributed by atoms with Crippen molar-refractivity contribution in [3.8, 4) is 0 Å². The highest BCUT2D eigenvalue weighted by Gasteiger charge is 2.24. The van der Waals surface area contributed by atoms with Crippen LogP contribution in [0, 0.1) is 0 Å². The van der Waals surface area contributed by atoms with E-state index in [1.165, 1.54) is 17.5 Å². The van der Waals surface area contributed by atoms with Crippen molar-refractivity contribution in [2.45, 2.75) is 31.7 Å². The van der Waals surface area contributed by atoms with E-state index in [9.17, 15) is 0 Å². The maximum atomic E-state index is 5.52. The van der Waals surface area contributed by atoms with E-state index >= 15 is 0 Å². The van der Waals surface area contributed by atoms with E-state index in [0.717, 1.165) is 25.4 Å². The summed E-state index contributed by atoms with van der Waals surface area (Å²) in [5, 5.41) is 3.55. The number of hydrogen-bond acceptors (Lipinski definition) is 2. The lowest BCUT2D eigenvalue weighted by molar-refractivity contribution is 0.464. The van der Waals surface area contributed by atoms with Gasteiger partial charge in [-0.3, -0.25) is 0 Å². The molecule has 0 bridgehead atoms. The highest BCUT2D eigenvalue weighted by Crippen LogP contribution is 2.34. The Morgan fingerprint density at radius 2 is 2.27 bits per heavy atom. The molecule has 0 fully saturated rings. The maximum absolute atomic E-state index is 5.52. The van der Waals surface area contributed by atoms with Gasteiger partial charge in [-0.2, -0.15) is 0 Å². The quantitative estimate of drug-likeness (QED) is 0.765. The first-order valence-corrected chi connectivity index (χ1v) is 5.82. The fraction of sp³-hybridized carbons (Fsp3) is 0.538. The van der Waals surface area contributed by atoms with Gasteiger partial charge in [0, 0.05) is 18.5 Å². The second kappa shape index (κ2) is 4.77. The molecule has 0 aliphatic heterocycles. The molecule has 1 aliphatic rings. The largest absolute Gasteiger partial charge is 0.330 e. The molecule has 82 valence electrons. The van der Waals surface area contributed by atoms with E-state index in [1.54, 1.807) is 0 Å². The molecule has 0 aromatic heterocycles. The van der Waals surface area contributed by atoms with Crippen molar-refractivity contribution >= 4 is 0 Å². The molecule has 15 heavy (non-hydrogen) atoms. The zero-order chi connectivity index (χ0) is 10.7. The molecule has 0 spiro atoms. The maximum Gasteiger partial charge on any atom is 0.00509 e. The Labute approximate surface area is 91.9 Å². The molecule has 2 atom stereocenters. The average molecular weight is 204 g/mol. The van der Waals surface area contributed by atoms with Gasteiger partial charge >= 0.3 is 0 Å². The van der Waals surface area contributed by atoms with Gasteiger partial charge in [-0.1, -0.05) is 24.3 Å². The van der Waals surface area contributed by atoms with Crippen LogP contribution in [-0.4, -0.2) is 19.1 Å². The molecule has 1 aliphatic carbocycles. The predicted octanol–water partition coefficient (Wildman–Crippen LogP) is 1.65. The minimum absolute atomic E-state index is 0.544. The minimum atomic E-state index is 0.544.